The van der Waals surface area contributed by atoms with Gasteiger partial charge in [-0.25, -0.2) is 13.9 Å². The third-order valence-corrected chi connectivity index (χ3v) is 7.31. The van der Waals surface area contributed by atoms with E-state index in [9.17, 15) is 9.18 Å². The fourth-order valence-electron chi connectivity index (χ4n) is 5.18. The second-order valence-corrected chi connectivity index (χ2v) is 9.64. The number of aryl methyl sites for hydroxylation is 1. The van der Waals surface area contributed by atoms with E-state index in [4.69, 9.17) is 0 Å². The molecule has 37 heavy (non-hydrogen) atoms. The lowest BCUT2D eigenvalue weighted by Crippen LogP contribution is -2.38. The molecule has 4 heterocycles. The molecule has 0 radical (unpaired) electrons. The number of urea groups is 1. The predicted octanol–water partition coefficient (Wildman–Crippen LogP) is 3.00. The van der Waals surface area contributed by atoms with Gasteiger partial charge in [-0.3, -0.25) is 4.90 Å². The number of aromatic nitrogens is 5. The number of carbonyl (C=O) groups is 1. The van der Waals surface area contributed by atoms with Crippen molar-refractivity contribution in [2.75, 3.05) is 39.3 Å². The fraction of sp³-hybridized carbons (Fsp3) is 0.333. The summed E-state index contributed by atoms with van der Waals surface area (Å²) in [6.07, 6.45) is 6.03. The molecule has 1 N–H and O–H groups in total. The number of hydrogen-bond donors (Lipinski definition) is 1. The highest BCUT2D eigenvalue weighted by atomic mass is 19.1. The van der Waals surface area contributed by atoms with Crippen molar-refractivity contribution in [3.8, 4) is 5.69 Å². The minimum atomic E-state index is -0.249. The van der Waals surface area contributed by atoms with E-state index in [2.05, 4.69) is 60.8 Å². The molecule has 0 saturated carbocycles. The third kappa shape index (κ3) is 4.72. The topological polar surface area (TPSA) is 84.1 Å². The summed E-state index contributed by atoms with van der Waals surface area (Å²) in [5.74, 6) is 0.555. The number of nitrogens with zero attached hydrogens (tertiary/aromatic N) is 7. The smallest absolute Gasteiger partial charge is 0.317 e. The number of fused-ring (bicyclic) bond motifs is 1. The summed E-state index contributed by atoms with van der Waals surface area (Å²) in [5, 5.41) is 15.9. The van der Waals surface area contributed by atoms with Crippen LogP contribution in [0.5, 0.6) is 0 Å². The monoisotopic (exact) mass is 500 g/mol. The van der Waals surface area contributed by atoms with Gasteiger partial charge in [-0.1, -0.05) is 12.1 Å². The van der Waals surface area contributed by atoms with Gasteiger partial charge in [0.1, 0.15) is 5.82 Å². The number of rotatable bonds is 7. The average Bonchev–Trinajstić information content (AvgIpc) is 3.62. The van der Waals surface area contributed by atoms with Gasteiger partial charge in [0, 0.05) is 75.6 Å². The fourth-order valence-corrected chi connectivity index (χ4v) is 5.18. The Bertz CT molecular complexity index is 1470. The van der Waals surface area contributed by atoms with Gasteiger partial charge in [-0.15, -0.1) is 5.10 Å². The molecule has 0 bridgehead atoms. The Balaban J connectivity index is 1.30. The van der Waals surface area contributed by atoms with Crippen LogP contribution in [0.25, 0.3) is 22.2 Å². The minimum Gasteiger partial charge on any atom is -0.336 e. The highest BCUT2D eigenvalue weighted by molar-refractivity contribution is 5.95. The number of halogens is 1. The van der Waals surface area contributed by atoms with Gasteiger partial charge in [0.2, 0.25) is 0 Å². The second kappa shape index (κ2) is 9.78. The van der Waals surface area contributed by atoms with Crippen LogP contribution in [0.2, 0.25) is 0 Å². The molecular weight excluding hydrogens is 471 g/mol. The third-order valence-electron chi connectivity index (χ3n) is 7.31. The molecule has 1 fully saturated rings. The van der Waals surface area contributed by atoms with Crippen LogP contribution in [0.1, 0.15) is 23.4 Å². The van der Waals surface area contributed by atoms with Crippen LogP contribution < -0.4 is 5.32 Å². The van der Waals surface area contributed by atoms with E-state index in [1.54, 1.807) is 4.68 Å². The van der Waals surface area contributed by atoms with Crippen molar-refractivity contribution < 1.29 is 9.18 Å². The standard InChI is InChI=1S/C27H29FN8O/c1-33-26(30-31-32-33)17-19-2-7-25-23(16-19)24(18-36(25)22-5-3-21(28)4-6-22)20-8-11-34(12-9-20)14-15-35-13-10-29-27(35)37/h2-8,16,18H,9-15,17H2,1H3,(H,29,37). The van der Waals surface area contributed by atoms with Gasteiger partial charge in [-0.2, -0.15) is 0 Å². The van der Waals surface area contributed by atoms with Crippen molar-refractivity contribution in [1.82, 2.24) is 39.9 Å². The Morgan fingerprint density at radius 1 is 1.08 bits per heavy atom. The molecule has 0 atom stereocenters. The molecule has 2 aliphatic rings. The first-order chi connectivity index (χ1) is 18.0. The first-order valence-electron chi connectivity index (χ1n) is 12.6. The summed E-state index contributed by atoms with van der Waals surface area (Å²) in [6, 6.07) is 13.1. The lowest BCUT2D eigenvalue weighted by atomic mass is 9.97. The summed E-state index contributed by atoms with van der Waals surface area (Å²) in [4.78, 5) is 16.1. The summed E-state index contributed by atoms with van der Waals surface area (Å²) in [5.41, 5.74) is 5.62. The van der Waals surface area contributed by atoms with Crippen molar-refractivity contribution in [2.45, 2.75) is 12.8 Å². The number of carbonyl (C=O) groups excluding carboxylic acids is 1. The van der Waals surface area contributed by atoms with Crippen LogP contribution in [0.4, 0.5) is 9.18 Å². The van der Waals surface area contributed by atoms with Gasteiger partial charge >= 0.3 is 6.03 Å². The molecule has 10 heteroatoms. The predicted molar refractivity (Wildman–Crippen MR) is 139 cm³/mol. The number of hydrogen-bond acceptors (Lipinski definition) is 5. The quantitative estimate of drug-likeness (QED) is 0.422. The molecule has 2 aliphatic heterocycles. The van der Waals surface area contributed by atoms with Gasteiger partial charge in [0.05, 0.1) is 5.52 Å². The summed E-state index contributed by atoms with van der Waals surface area (Å²) < 4.78 is 17.5. The van der Waals surface area contributed by atoms with Crippen LogP contribution >= 0.6 is 0 Å². The summed E-state index contributed by atoms with van der Waals surface area (Å²) >= 11 is 0. The van der Waals surface area contributed by atoms with Gasteiger partial charge in [0.15, 0.2) is 5.82 Å². The molecule has 2 aromatic heterocycles. The lowest BCUT2D eigenvalue weighted by Gasteiger charge is -2.28. The van der Waals surface area contributed by atoms with Crippen molar-refractivity contribution in [2.24, 2.45) is 7.05 Å². The zero-order chi connectivity index (χ0) is 25.4. The molecule has 0 unspecified atom stereocenters. The first-order valence-corrected chi connectivity index (χ1v) is 12.6. The Hall–Kier alpha value is -4.05. The Morgan fingerprint density at radius 2 is 1.95 bits per heavy atom. The molecule has 0 aliphatic carbocycles. The van der Waals surface area contributed by atoms with Crippen molar-refractivity contribution in [1.29, 1.82) is 0 Å². The second-order valence-electron chi connectivity index (χ2n) is 9.64. The van der Waals surface area contributed by atoms with Crippen molar-refractivity contribution in [3.63, 3.8) is 0 Å². The Labute approximate surface area is 214 Å². The van der Waals surface area contributed by atoms with Gasteiger partial charge in [0.25, 0.3) is 0 Å². The lowest BCUT2D eigenvalue weighted by molar-refractivity contribution is 0.205. The molecule has 190 valence electrons. The highest BCUT2D eigenvalue weighted by Crippen LogP contribution is 2.34. The van der Waals surface area contributed by atoms with E-state index in [0.29, 0.717) is 6.42 Å². The first kappa shape index (κ1) is 23.4. The number of benzene rings is 2. The minimum absolute atomic E-state index is 0.0368. The van der Waals surface area contributed by atoms with Crippen LogP contribution in [0.3, 0.4) is 0 Å². The van der Waals surface area contributed by atoms with E-state index in [0.717, 1.165) is 73.7 Å². The van der Waals surface area contributed by atoms with Crippen LogP contribution in [0.15, 0.2) is 54.7 Å². The molecule has 6 rings (SSSR count). The van der Waals surface area contributed by atoms with Crippen molar-refractivity contribution in [3.05, 3.63) is 77.5 Å². The molecule has 2 amide bonds. The van der Waals surface area contributed by atoms with Crippen LogP contribution in [-0.4, -0.2) is 79.9 Å². The molecule has 4 aromatic rings. The molecular formula is C27H29FN8O. The Kier molecular flexibility index (Phi) is 6.17. The highest BCUT2D eigenvalue weighted by Gasteiger charge is 2.22. The van der Waals surface area contributed by atoms with Gasteiger partial charge in [-0.05, 0) is 64.4 Å². The van der Waals surface area contributed by atoms with E-state index in [1.807, 2.05) is 24.1 Å². The summed E-state index contributed by atoms with van der Waals surface area (Å²) in [7, 11) is 1.85. The largest absolute Gasteiger partial charge is 0.336 e. The van der Waals surface area contributed by atoms with Gasteiger partial charge < -0.3 is 14.8 Å². The SMILES string of the molecule is Cn1nnnc1Cc1ccc2c(c1)c(C1=CCN(CCN3CCNC3=O)CC1)cn2-c1ccc(F)cc1. The van der Waals surface area contributed by atoms with E-state index in [-0.39, 0.29) is 11.8 Å². The van der Waals surface area contributed by atoms with E-state index < -0.39 is 0 Å². The maximum absolute atomic E-state index is 13.6. The average molecular weight is 501 g/mol. The number of amides is 2. The molecule has 0 spiro atoms. The molecule has 2 aromatic carbocycles. The van der Waals surface area contributed by atoms with Crippen LogP contribution in [0, 0.1) is 5.82 Å². The Morgan fingerprint density at radius 3 is 2.65 bits per heavy atom. The van der Waals surface area contributed by atoms with E-state index in [1.165, 1.54) is 23.3 Å². The zero-order valence-corrected chi connectivity index (χ0v) is 20.8. The molecule has 1 saturated heterocycles. The number of nitrogens with one attached hydrogen (secondary N) is 1. The van der Waals surface area contributed by atoms with E-state index >= 15 is 0 Å². The maximum atomic E-state index is 13.6. The summed E-state index contributed by atoms with van der Waals surface area (Å²) in [6.45, 7) is 4.91. The van der Waals surface area contributed by atoms with Crippen LogP contribution in [-0.2, 0) is 13.5 Å². The van der Waals surface area contributed by atoms with Crippen molar-refractivity contribution >= 4 is 22.5 Å². The maximum Gasteiger partial charge on any atom is 0.317 e. The number of tetrazole rings is 1. The zero-order valence-electron chi connectivity index (χ0n) is 20.8. The molecule has 9 nitrogen and oxygen atoms in total. The normalized spacial score (nSPS) is 16.4.